The molecule has 1 nitrogen and oxygen atoms in total. The molecular formula is C19H33N. The molecule has 0 aliphatic rings. The van der Waals surface area contributed by atoms with Crippen LogP contribution in [0.25, 0.3) is 0 Å². The molecule has 0 fully saturated rings. The van der Waals surface area contributed by atoms with Crippen LogP contribution < -0.4 is 5.32 Å². The molecule has 20 heavy (non-hydrogen) atoms. The summed E-state index contributed by atoms with van der Waals surface area (Å²) in [7, 11) is 0. The maximum atomic E-state index is 3.68. The molecule has 0 aromatic heterocycles. The average Bonchev–Trinajstić information content (AvgIpc) is 2.39. The zero-order valence-electron chi connectivity index (χ0n) is 14.1. The molecule has 0 saturated heterocycles. The molecule has 0 radical (unpaired) electrons. The molecule has 1 aromatic rings. The number of nitrogens with one attached hydrogen (secondary N) is 1. The molecule has 0 aliphatic heterocycles. The van der Waals surface area contributed by atoms with Crippen LogP contribution in [-0.2, 0) is 0 Å². The first kappa shape index (κ1) is 17.2. The van der Waals surface area contributed by atoms with E-state index in [0.717, 1.165) is 12.5 Å². The SMILES string of the molecule is CCCC(C)CCC(CNC(C)(C)C)c1ccccc1. The van der Waals surface area contributed by atoms with Crippen LogP contribution in [0.4, 0.5) is 0 Å². The lowest BCUT2D eigenvalue weighted by Crippen LogP contribution is -2.38. The van der Waals surface area contributed by atoms with Gasteiger partial charge in [0.2, 0.25) is 0 Å². The summed E-state index contributed by atoms with van der Waals surface area (Å²) < 4.78 is 0. The molecule has 0 spiro atoms. The van der Waals surface area contributed by atoms with E-state index in [1.807, 2.05) is 0 Å². The van der Waals surface area contributed by atoms with Gasteiger partial charge in [-0.2, -0.15) is 0 Å². The van der Waals surface area contributed by atoms with Crippen LogP contribution in [0.5, 0.6) is 0 Å². The van der Waals surface area contributed by atoms with Crippen LogP contribution in [0.2, 0.25) is 0 Å². The van der Waals surface area contributed by atoms with E-state index < -0.39 is 0 Å². The lowest BCUT2D eigenvalue weighted by molar-refractivity contribution is 0.377. The second-order valence-corrected chi connectivity index (χ2v) is 7.21. The Balaban J connectivity index is 2.60. The minimum atomic E-state index is 0.196. The number of benzene rings is 1. The second kappa shape index (κ2) is 8.46. The fourth-order valence-corrected chi connectivity index (χ4v) is 2.66. The van der Waals surface area contributed by atoms with Crippen LogP contribution in [-0.4, -0.2) is 12.1 Å². The lowest BCUT2D eigenvalue weighted by atomic mass is 9.89. The first-order chi connectivity index (χ1) is 9.42. The van der Waals surface area contributed by atoms with Crippen molar-refractivity contribution in [3.8, 4) is 0 Å². The third kappa shape index (κ3) is 7.09. The van der Waals surface area contributed by atoms with Crippen LogP contribution >= 0.6 is 0 Å². The van der Waals surface area contributed by atoms with Gasteiger partial charge in [0.05, 0.1) is 0 Å². The van der Waals surface area contributed by atoms with Crippen molar-refractivity contribution in [1.29, 1.82) is 0 Å². The van der Waals surface area contributed by atoms with Crippen LogP contribution in [0.3, 0.4) is 0 Å². The molecular weight excluding hydrogens is 242 g/mol. The molecule has 0 heterocycles. The van der Waals surface area contributed by atoms with E-state index >= 15 is 0 Å². The van der Waals surface area contributed by atoms with Crippen molar-refractivity contribution in [3.63, 3.8) is 0 Å². The van der Waals surface area contributed by atoms with E-state index in [0.29, 0.717) is 5.92 Å². The Labute approximate surface area is 126 Å². The summed E-state index contributed by atoms with van der Waals surface area (Å²) in [6.07, 6.45) is 5.28. The molecule has 0 bridgehead atoms. The largest absolute Gasteiger partial charge is 0.311 e. The van der Waals surface area contributed by atoms with Gasteiger partial charge >= 0.3 is 0 Å². The maximum absolute atomic E-state index is 3.68. The standard InChI is InChI=1S/C19H33N/c1-6-10-16(2)13-14-18(15-20-19(3,4)5)17-11-8-7-9-12-17/h7-9,11-12,16,18,20H,6,10,13-15H2,1-5H3. The van der Waals surface area contributed by atoms with Gasteiger partial charge in [0.15, 0.2) is 0 Å². The Kier molecular flexibility index (Phi) is 7.29. The summed E-state index contributed by atoms with van der Waals surface area (Å²) in [5, 5.41) is 3.68. The molecule has 0 amide bonds. The van der Waals surface area contributed by atoms with Gasteiger partial charge in [-0.25, -0.2) is 0 Å². The third-order valence-corrected chi connectivity index (χ3v) is 3.94. The van der Waals surface area contributed by atoms with Gasteiger partial charge in [0, 0.05) is 12.1 Å². The number of rotatable bonds is 8. The first-order valence-electron chi connectivity index (χ1n) is 8.22. The zero-order valence-corrected chi connectivity index (χ0v) is 14.1. The summed E-state index contributed by atoms with van der Waals surface area (Å²) in [6.45, 7) is 12.5. The van der Waals surface area contributed by atoms with Gasteiger partial charge in [0.25, 0.3) is 0 Å². The Morgan fingerprint density at radius 3 is 2.20 bits per heavy atom. The van der Waals surface area contributed by atoms with E-state index in [1.165, 1.54) is 31.2 Å². The van der Waals surface area contributed by atoms with Gasteiger partial charge in [0.1, 0.15) is 0 Å². The highest BCUT2D eigenvalue weighted by atomic mass is 14.9. The minimum Gasteiger partial charge on any atom is -0.311 e. The number of hydrogen-bond acceptors (Lipinski definition) is 1. The molecule has 1 heteroatoms. The molecule has 1 aromatic carbocycles. The Morgan fingerprint density at radius 1 is 1.00 bits per heavy atom. The van der Waals surface area contributed by atoms with Crippen molar-refractivity contribution in [3.05, 3.63) is 35.9 Å². The van der Waals surface area contributed by atoms with Crippen molar-refractivity contribution >= 4 is 0 Å². The average molecular weight is 275 g/mol. The topological polar surface area (TPSA) is 12.0 Å². The molecule has 2 unspecified atom stereocenters. The summed E-state index contributed by atoms with van der Waals surface area (Å²) in [4.78, 5) is 0. The van der Waals surface area contributed by atoms with Gasteiger partial charge in [-0.1, -0.05) is 63.4 Å². The smallest absolute Gasteiger partial charge is 0.00967 e. The lowest BCUT2D eigenvalue weighted by Gasteiger charge is -2.26. The highest BCUT2D eigenvalue weighted by Crippen LogP contribution is 2.25. The van der Waals surface area contributed by atoms with Crippen LogP contribution in [0.1, 0.15) is 71.8 Å². The van der Waals surface area contributed by atoms with Crippen molar-refractivity contribution in [2.45, 2.75) is 71.8 Å². The Bertz CT molecular complexity index is 350. The summed E-state index contributed by atoms with van der Waals surface area (Å²) in [5.74, 6) is 1.48. The quantitative estimate of drug-likeness (QED) is 0.672. The first-order valence-corrected chi connectivity index (χ1v) is 8.22. The normalized spacial score (nSPS) is 15.1. The van der Waals surface area contributed by atoms with E-state index in [-0.39, 0.29) is 5.54 Å². The van der Waals surface area contributed by atoms with E-state index in [4.69, 9.17) is 0 Å². The monoisotopic (exact) mass is 275 g/mol. The van der Waals surface area contributed by atoms with E-state index in [1.54, 1.807) is 0 Å². The third-order valence-electron chi connectivity index (χ3n) is 3.94. The fraction of sp³-hybridized carbons (Fsp3) is 0.684. The second-order valence-electron chi connectivity index (χ2n) is 7.21. The fourth-order valence-electron chi connectivity index (χ4n) is 2.66. The molecule has 2 atom stereocenters. The Morgan fingerprint density at radius 2 is 1.65 bits per heavy atom. The number of hydrogen-bond donors (Lipinski definition) is 1. The summed E-state index contributed by atoms with van der Waals surface area (Å²) in [6, 6.07) is 11.0. The zero-order chi connectivity index (χ0) is 15.0. The summed E-state index contributed by atoms with van der Waals surface area (Å²) >= 11 is 0. The maximum Gasteiger partial charge on any atom is 0.00967 e. The van der Waals surface area contributed by atoms with E-state index in [9.17, 15) is 0 Å². The predicted octanol–water partition coefficient (Wildman–Crippen LogP) is 5.37. The summed E-state index contributed by atoms with van der Waals surface area (Å²) in [5.41, 5.74) is 1.68. The Hall–Kier alpha value is -0.820. The van der Waals surface area contributed by atoms with Crippen molar-refractivity contribution in [2.75, 3.05) is 6.54 Å². The van der Waals surface area contributed by atoms with Gasteiger partial charge in [-0.05, 0) is 44.6 Å². The van der Waals surface area contributed by atoms with Crippen LogP contribution in [0.15, 0.2) is 30.3 Å². The van der Waals surface area contributed by atoms with Gasteiger partial charge < -0.3 is 5.32 Å². The van der Waals surface area contributed by atoms with E-state index in [2.05, 4.69) is 70.3 Å². The van der Waals surface area contributed by atoms with Crippen molar-refractivity contribution < 1.29 is 0 Å². The molecule has 1 N–H and O–H groups in total. The van der Waals surface area contributed by atoms with Crippen molar-refractivity contribution in [1.82, 2.24) is 5.32 Å². The molecule has 0 saturated carbocycles. The highest BCUT2D eigenvalue weighted by Gasteiger charge is 2.16. The van der Waals surface area contributed by atoms with Crippen LogP contribution in [0, 0.1) is 5.92 Å². The van der Waals surface area contributed by atoms with Gasteiger partial charge in [-0.3, -0.25) is 0 Å². The minimum absolute atomic E-state index is 0.196. The highest BCUT2D eigenvalue weighted by molar-refractivity contribution is 5.20. The van der Waals surface area contributed by atoms with Crippen molar-refractivity contribution in [2.24, 2.45) is 5.92 Å². The van der Waals surface area contributed by atoms with Gasteiger partial charge in [-0.15, -0.1) is 0 Å². The molecule has 114 valence electrons. The molecule has 1 rings (SSSR count). The predicted molar refractivity (Wildman–Crippen MR) is 90.2 cm³/mol. The molecule has 0 aliphatic carbocycles.